The molecule has 2 heteroatoms. The summed E-state index contributed by atoms with van der Waals surface area (Å²) in [7, 11) is 2.22. The molecule has 2 fully saturated rings. The molecule has 16 heavy (non-hydrogen) atoms. The largest absolute Gasteiger partial charge is 0.300 e. The first-order chi connectivity index (χ1) is 7.72. The minimum atomic E-state index is 0.292. The Morgan fingerprint density at radius 1 is 1.38 bits per heavy atom. The first kappa shape index (κ1) is 11.7. The average Bonchev–Trinajstić information content (AvgIpc) is 2.25. The Kier molecular flexibility index (Phi) is 3.66. The van der Waals surface area contributed by atoms with E-state index in [2.05, 4.69) is 17.9 Å². The molecule has 2 nitrogen and oxygen atoms in total. The van der Waals surface area contributed by atoms with Gasteiger partial charge in [-0.2, -0.15) is 0 Å². The molecule has 2 atom stereocenters. The van der Waals surface area contributed by atoms with Crippen molar-refractivity contribution in [3.05, 3.63) is 0 Å². The van der Waals surface area contributed by atoms with Crippen molar-refractivity contribution in [2.24, 2.45) is 5.92 Å². The van der Waals surface area contributed by atoms with Crippen LogP contribution in [0.25, 0.3) is 0 Å². The van der Waals surface area contributed by atoms with Crippen molar-refractivity contribution < 1.29 is 4.79 Å². The molecule has 0 saturated carbocycles. The summed E-state index contributed by atoms with van der Waals surface area (Å²) in [5.41, 5.74) is 0. The molecule has 0 aromatic heterocycles. The normalized spacial score (nSPS) is 34.4. The minimum Gasteiger partial charge on any atom is -0.300 e. The average molecular weight is 219 g/mol. The molecule has 88 valence electrons. The van der Waals surface area contributed by atoms with Gasteiger partial charge in [0.15, 0.2) is 0 Å². The molecular weight excluding hydrogens is 198 g/mol. The summed E-state index contributed by atoms with van der Waals surface area (Å²) in [4.78, 5) is 14.5. The van der Waals surface area contributed by atoms with E-state index in [9.17, 15) is 4.79 Å². The second-order valence-electron chi connectivity index (χ2n) is 5.24. The van der Waals surface area contributed by atoms with E-state index in [4.69, 9.17) is 6.42 Å². The highest BCUT2D eigenvalue weighted by atomic mass is 16.1. The maximum Gasteiger partial charge on any atom is 0.137 e. The molecule has 2 aliphatic rings. The van der Waals surface area contributed by atoms with Crippen LogP contribution in [-0.4, -0.2) is 29.8 Å². The number of piperidine rings is 2. The molecule has 2 bridgehead atoms. The number of nitrogens with zero attached hydrogens (tertiary/aromatic N) is 1. The lowest BCUT2D eigenvalue weighted by atomic mass is 9.76. The molecule has 0 amide bonds. The van der Waals surface area contributed by atoms with Gasteiger partial charge in [0.25, 0.3) is 0 Å². The van der Waals surface area contributed by atoms with E-state index in [-0.39, 0.29) is 0 Å². The summed E-state index contributed by atoms with van der Waals surface area (Å²) in [5, 5.41) is 0. The van der Waals surface area contributed by atoms with Crippen molar-refractivity contribution in [2.75, 3.05) is 7.05 Å². The zero-order chi connectivity index (χ0) is 11.5. The van der Waals surface area contributed by atoms with Crippen LogP contribution < -0.4 is 0 Å². The van der Waals surface area contributed by atoms with Gasteiger partial charge < -0.3 is 4.90 Å². The summed E-state index contributed by atoms with van der Waals surface area (Å²) in [6.45, 7) is 0. The fourth-order valence-corrected chi connectivity index (χ4v) is 3.28. The van der Waals surface area contributed by atoms with E-state index < -0.39 is 0 Å². The van der Waals surface area contributed by atoms with Crippen molar-refractivity contribution in [1.29, 1.82) is 0 Å². The third-order valence-corrected chi connectivity index (χ3v) is 4.31. The van der Waals surface area contributed by atoms with Crippen molar-refractivity contribution in [1.82, 2.24) is 4.90 Å². The van der Waals surface area contributed by atoms with Crippen LogP contribution in [0.2, 0.25) is 0 Å². The predicted molar refractivity (Wildman–Crippen MR) is 65.0 cm³/mol. The van der Waals surface area contributed by atoms with Gasteiger partial charge in [-0.25, -0.2) is 0 Å². The van der Waals surface area contributed by atoms with Crippen LogP contribution in [-0.2, 0) is 4.79 Å². The minimum absolute atomic E-state index is 0.292. The molecule has 0 spiro atoms. The molecule has 0 aliphatic carbocycles. The summed E-state index contributed by atoms with van der Waals surface area (Å²) >= 11 is 0. The molecule has 2 heterocycles. The van der Waals surface area contributed by atoms with Gasteiger partial charge >= 0.3 is 0 Å². The Hall–Kier alpha value is -0.810. The van der Waals surface area contributed by atoms with Crippen LogP contribution in [0.15, 0.2) is 0 Å². The number of fused-ring (bicyclic) bond motifs is 2. The second-order valence-corrected chi connectivity index (χ2v) is 5.24. The van der Waals surface area contributed by atoms with Gasteiger partial charge in [0.2, 0.25) is 0 Å². The standard InChI is InChI=1S/C14H21NO/c1-3-4-8-14(16)11-9-12-6-5-7-13(10-11)15(12)2/h1,11-13H,4-10H2,2H3. The Balaban J connectivity index is 1.94. The van der Waals surface area contributed by atoms with Crippen LogP contribution in [0.4, 0.5) is 0 Å². The fourth-order valence-electron chi connectivity index (χ4n) is 3.28. The molecule has 2 unspecified atom stereocenters. The van der Waals surface area contributed by atoms with Gasteiger partial charge in [-0.05, 0) is 32.7 Å². The van der Waals surface area contributed by atoms with E-state index in [0.29, 0.717) is 36.6 Å². The molecule has 2 aliphatic heterocycles. The topological polar surface area (TPSA) is 20.3 Å². The molecule has 0 radical (unpaired) electrons. The number of ketones is 1. The monoisotopic (exact) mass is 219 g/mol. The molecule has 2 saturated heterocycles. The van der Waals surface area contributed by atoms with Gasteiger partial charge in [0, 0.05) is 30.8 Å². The van der Waals surface area contributed by atoms with Gasteiger partial charge in [-0.1, -0.05) is 6.42 Å². The first-order valence-electron chi connectivity index (χ1n) is 6.40. The van der Waals surface area contributed by atoms with Crippen LogP contribution in [0.5, 0.6) is 0 Å². The van der Waals surface area contributed by atoms with E-state index in [1.165, 1.54) is 19.3 Å². The highest BCUT2D eigenvalue weighted by molar-refractivity contribution is 5.81. The summed E-state index contributed by atoms with van der Waals surface area (Å²) in [6, 6.07) is 1.29. The molecule has 0 N–H and O–H groups in total. The number of Topliss-reactive ketones (excluding diaryl/α,β-unsaturated/α-hetero) is 1. The van der Waals surface area contributed by atoms with Crippen molar-refractivity contribution in [3.8, 4) is 12.3 Å². The Morgan fingerprint density at radius 2 is 2.00 bits per heavy atom. The van der Waals surface area contributed by atoms with Gasteiger partial charge in [-0.15, -0.1) is 12.3 Å². The maximum absolute atomic E-state index is 12.0. The van der Waals surface area contributed by atoms with E-state index in [0.717, 1.165) is 12.8 Å². The quantitative estimate of drug-likeness (QED) is 0.678. The van der Waals surface area contributed by atoms with E-state index in [1.54, 1.807) is 0 Å². The smallest absolute Gasteiger partial charge is 0.137 e. The first-order valence-corrected chi connectivity index (χ1v) is 6.40. The number of hydrogen-bond acceptors (Lipinski definition) is 2. The van der Waals surface area contributed by atoms with E-state index in [1.807, 2.05) is 0 Å². The SMILES string of the molecule is C#CCCC(=O)C1CC2CCCC(C1)N2C. The summed E-state index contributed by atoms with van der Waals surface area (Å²) in [6.07, 6.45) is 12.4. The van der Waals surface area contributed by atoms with Gasteiger partial charge in [0.1, 0.15) is 5.78 Å². The van der Waals surface area contributed by atoms with Crippen LogP contribution >= 0.6 is 0 Å². The van der Waals surface area contributed by atoms with Crippen molar-refractivity contribution in [2.45, 2.75) is 57.0 Å². The molecule has 0 aromatic carbocycles. The molecular formula is C14H21NO. The van der Waals surface area contributed by atoms with Crippen LogP contribution in [0.1, 0.15) is 44.9 Å². The molecule has 0 aromatic rings. The van der Waals surface area contributed by atoms with Gasteiger partial charge in [-0.3, -0.25) is 4.79 Å². The maximum atomic E-state index is 12.0. The highest BCUT2D eigenvalue weighted by Crippen LogP contribution is 2.36. The predicted octanol–water partition coefficient (Wildman–Crippen LogP) is 2.23. The van der Waals surface area contributed by atoms with Crippen LogP contribution in [0, 0.1) is 18.3 Å². The number of terminal acetylenes is 1. The third-order valence-electron chi connectivity index (χ3n) is 4.31. The third kappa shape index (κ3) is 2.30. The number of carbonyl (C=O) groups excluding carboxylic acids is 1. The van der Waals surface area contributed by atoms with Crippen molar-refractivity contribution >= 4 is 5.78 Å². The number of carbonyl (C=O) groups is 1. The Bertz CT molecular complexity index is 290. The zero-order valence-electron chi connectivity index (χ0n) is 10.1. The Morgan fingerprint density at radius 3 is 2.56 bits per heavy atom. The van der Waals surface area contributed by atoms with Gasteiger partial charge in [0.05, 0.1) is 0 Å². The fraction of sp³-hybridized carbons (Fsp3) is 0.786. The lowest BCUT2D eigenvalue weighted by molar-refractivity contribution is -0.126. The lowest BCUT2D eigenvalue weighted by Gasteiger charge is -2.46. The lowest BCUT2D eigenvalue weighted by Crippen LogP contribution is -2.51. The zero-order valence-corrected chi connectivity index (χ0v) is 10.1. The number of hydrogen-bond donors (Lipinski definition) is 0. The number of rotatable bonds is 3. The summed E-state index contributed by atoms with van der Waals surface area (Å²) < 4.78 is 0. The highest BCUT2D eigenvalue weighted by Gasteiger charge is 2.38. The Labute approximate surface area is 98.4 Å². The van der Waals surface area contributed by atoms with Crippen molar-refractivity contribution in [3.63, 3.8) is 0 Å². The second kappa shape index (κ2) is 5.01. The molecule has 2 rings (SSSR count). The summed E-state index contributed by atoms with van der Waals surface area (Å²) in [5.74, 6) is 3.26. The van der Waals surface area contributed by atoms with Crippen LogP contribution in [0.3, 0.4) is 0 Å². The van der Waals surface area contributed by atoms with E-state index >= 15 is 0 Å².